The van der Waals surface area contributed by atoms with Gasteiger partial charge in [0, 0.05) is 0 Å². The molecule has 1 aliphatic carbocycles. The van der Waals surface area contributed by atoms with Crippen LogP contribution in [0.5, 0.6) is 0 Å². The molecule has 0 unspecified atom stereocenters. The molecule has 0 aliphatic heterocycles. The number of hydrogen-bond donors (Lipinski definition) is 0. The lowest BCUT2D eigenvalue weighted by molar-refractivity contribution is 0.106. The summed E-state index contributed by atoms with van der Waals surface area (Å²) in [4.78, 5) is 0. The Bertz CT molecular complexity index is 163. The van der Waals surface area contributed by atoms with Crippen molar-refractivity contribution in [3.8, 4) is 0 Å². The minimum Gasteiger partial charge on any atom is -0.499 e. The topological polar surface area (TPSA) is 9.23 Å². The lowest BCUT2D eigenvalue weighted by atomic mass is 9.98. The molecule has 0 radical (unpaired) electrons. The Hall–Kier alpha value is -0.243. The molecule has 0 aromatic carbocycles. The van der Waals surface area contributed by atoms with Crippen LogP contribution in [-0.4, -0.2) is 14.2 Å². The lowest BCUT2D eigenvalue weighted by Gasteiger charge is -2.21. The summed E-state index contributed by atoms with van der Waals surface area (Å²) in [5.41, 5.74) is 2.28. The molecule has 0 bridgehead atoms. The Morgan fingerprint density at radius 3 is 2.23 bits per heavy atom. The van der Waals surface area contributed by atoms with Gasteiger partial charge in [0.1, 0.15) is 0 Å². The average Bonchev–Trinajstić information content (AvgIpc) is 2.04. The van der Waals surface area contributed by atoms with Gasteiger partial charge in [-0.2, -0.15) is 0 Å². The van der Waals surface area contributed by atoms with Gasteiger partial charge in [-0.25, -0.2) is 0 Å². The second-order valence-corrected chi connectivity index (χ2v) is 10.1. The predicted octanol–water partition coefficient (Wildman–Crippen LogP) is 3.73. The number of hydrogen-bond acceptors (Lipinski definition) is 1. The first-order valence-corrected chi connectivity index (χ1v) is 8.99. The van der Waals surface area contributed by atoms with Crippen LogP contribution >= 0.6 is 0 Å². The van der Waals surface area contributed by atoms with Gasteiger partial charge in [0.25, 0.3) is 0 Å². The summed E-state index contributed by atoms with van der Waals surface area (Å²) in [6.45, 7) is 6.98. The van der Waals surface area contributed by atoms with Gasteiger partial charge in [-0.1, -0.05) is 31.8 Å². The molecule has 1 aliphatic rings. The Morgan fingerprint density at radius 2 is 1.69 bits per heavy atom. The molecule has 76 valence electrons. The van der Waals surface area contributed by atoms with Gasteiger partial charge in [0.05, 0.1) is 20.4 Å². The van der Waals surface area contributed by atoms with E-state index < -0.39 is 8.07 Å². The molecule has 13 heavy (non-hydrogen) atoms. The average molecular weight is 198 g/mol. The fourth-order valence-corrected chi connectivity index (χ4v) is 2.04. The second-order valence-electron chi connectivity index (χ2n) is 5.06. The van der Waals surface area contributed by atoms with Gasteiger partial charge >= 0.3 is 0 Å². The van der Waals surface area contributed by atoms with Crippen LogP contribution in [0.2, 0.25) is 19.6 Å². The molecule has 1 nitrogen and oxygen atoms in total. The van der Waals surface area contributed by atoms with Crippen LogP contribution < -0.4 is 0 Å². The van der Waals surface area contributed by atoms with E-state index >= 15 is 0 Å². The third kappa shape index (κ3) is 5.14. The largest absolute Gasteiger partial charge is 0.499 e. The van der Waals surface area contributed by atoms with E-state index in [1.54, 1.807) is 0 Å². The van der Waals surface area contributed by atoms with Crippen molar-refractivity contribution in [2.45, 2.75) is 57.8 Å². The number of ether oxygens (including phenoxy) is 1. The van der Waals surface area contributed by atoms with Gasteiger partial charge in [0.15, 0.2) is 0 Å². The molecule has 2 heteroatoms. The molecule has 1 rings (SSSR count). The minimum atomic E-state index is -1.05. The van der Waals surface area contributed by atoms with Crippen molar-refractivity contribution in [3.05, 3.63) is 12.0 Å². The maximum Gasteiger partial charge on any atom is 0.0978 e. The van der Waals surface area contributed by atoms with Crippen molar-refractivity contribution in [1.29, 1.82) is 0 Å². The first-order chi connectivity index (χ1) is 6.08. The van der Waals surface area contributed by atoms with Crippen molar-refractivity contribution in [3.63, 3.8) is 0 Å². The first kappa shape index (κ1) is 10.8. The molecule has 1 fully saturated rings. The van der Waals surface area contributed by atoms with E-state index in [1.807, 2.05) is 6.26 Å². The van der Waals surface area contributed by atoms with Crippen LogP contribution in [0, 0.1) is 0 Å². The standard InChI is InChI=1S/C11H22OSi/c1-13(2,3)10-9-12-11-7-5-4-6-8-11/h9-11H,4-8H2,1-3H3/b10-9+. The first-order valence-electron chi connectivity index (χ1n) is 5.41. The molecule has 0 aromatic heterocycles. The monoisotopic (exact) mass is 198 g/mol. The molecule has 0 spiro atoms. The molecule has 1 saturated carbocycles. The minimum absolute atomic E-state index is 0.515. The highest BCUT2D eigenvalue weighted by atomic mass is 28.3. The normalized spacial score (nSPS) is 20.8. The van der Waals surface area contributed by atoms with Crippen LogP contribution in [0.25, 0.3) is 0 Å². The van der Waals surface area contributed by atoms with Crippen molar-refractivity contribution in [1.82, 2.24) is 0 Å². The van der Waals surface area contributed by atoms with Crippen LogP contribution in [0.4, 0.5) is 0 Å². The fraction of sp³-hybridized carbons (Fsp3) is 0.818. The SMILES string of the molecule is C[Si](C)(C)/C=C/OC1CCCCC1. The molecule has 0 aromatic rings. The van der Waals surface area contributed by atoms with Crippen molar-refractivity contribution in [2.24, 2.45) is 0 Å². The summed E-state index contributed by atoms with van der Waals surface area (Å²) in [5, 5.41) is 0. The summed E-state index contributed by atoms with van der Waals surface area (Å²) in [6.07, 6.45) is 9.10. The molecule has 0 N–H and O–H groups in total. The summed E-state index contributed by atoms with van der Waals surface area (Å²) < 4.78 is 5.71. The molecule has 0 heterocycles. The van der Waals surface area contributed by atoms with Gasteiger partial charge in [-0.15, -0.1) is 0 Å². The molecular weight excluding hydrogens is 176 g/mol. The molecule has 0 saturated heterocycles. The zero-order valence-electron chi connectivity index (χ0n) is 9.18. The third-order valence-corrected chi connectivity index (χ3v) is 3.53. The van der Waals surface area contributed by atoms with E-state index in [1.165, 1.54) is 32.1 Å². The predicted molar refractivity (Wildman–Crippen MR) is 60.4 cm³/mol. The quantitative estimate of drug-likeness (QED) is 0.496. The van der Waals surface area contributed by atoms with Gasteiger partial charge in [0.2, 0.25) is 0 Å². The highest BCUT2D eigenvalue weighted by Crippen LogP contribution is 2.20. The van der Waals surface area contributed by atoms with Gasteiger partial charge in [-0.3, -0.25) is 0 Å². The zero-order valence-corrected chi connectivity index (χ0v) is 10.2. The van der Waals surface area contributed by atoms with E-state index in [-0.39, 0.29) is 0 Å². The third-order valence-electron chi connectivity index (χ3n) is 2.39. The summed E-state index contributed by atoms with van der Waals surface area (Å²) in [6, 6.07) is 0. The Balaban J connectivity index is 2.21. The van der Waals surface area contributed by atoms with E-state index in [2.05, 4.69) is 25.3 Å². The highest BCUT2D eigenvalue weighted by molar-refractivity contribution is 6.80. The van der Waals surface area contributed by atoms with E-state index in [4.69, 9.17) is 4.74 Å². The molecular formula is C11H22OSi. The number of rotatable bonds is 3. The maximum absolute atomic E-state index is 5.71. The van der Waals surface area contributed by atoms with Crippen molar-refractivity contribution >= 4 is 8.07 Å². The Morgan fingerprint density at radius 1 is 1.08 bits per heavy atom. The lowest BCUT2D eigenvalue weighted by Crippen LogP contribution is -2.18. The Kier molecular flexibility index (Phi) is 4.04. The fourth-order valence-electron chi connectivity index (χ4n) is 1.56. The summed E-state index contributed by atoms with van der Waals surface area (Å²) in [5.74, 6) is 0. The van der Waals surface area contributed by atoms with Crippen LogP contribution in [0.3, 0.4) is 0 Å². The summed E-state index contributed by atoms with van der Waals surface area (Å²) >= 11 is 0. The maximum atomic E-state index is 5.71. The smallest absolute Gasteiger partial charge is 0.0978 e. The summed E-state index contributed by atoms with van der Waals surface area (Å²) in [7, 11) is -1.05. The van der Waals surface area contributed by atoms with E-state index in [0.717, 1.165) is 0 Å². The van der Waals surface area contributed by atoms with E-state index in [0.29, 0.717) is 6.10 Å². The van der Waals surface area contributed by atoms with Crippen LogP contribution in [0.1, 0.15) is 32.1 Å². The Labute approximate surface area is 83.2 Å². The van der Waals surface area contributed by atoms with Gasteiger partial charge in [-0.05, 0) is 25.7 Å². The van der Waals surface area contributed by atoms with Crippen molar-refractivity contribution in [2.75, 3.05) is 0 Å². The molecule has 0 atom stereocenters. The highest BCUT2D eigenvalue weighted by Gasteiger charge is 2.13. The second kappa shape index (κ2) is 4.84. The van der Waals surface area contributed by atoms with Gasteiger partial charge < -0.3 is 4.74 Å². The molecule has 0 amide bonds. The van der Waals surface area contributed by atoms with Crippen molar-refractivity contribution < 1.29 is 4.74 Å². The van der Waals surface area contributed by atoms with E-state index in [9.17, 15) is 0 Å². The van der Waals surface area contributed by atoms with Crippen LogP contribution in [0.15, 0.2) is 12.0 Å². The zero-order chi connectivity index (χ0) is 9.73. The van der Waals surface area contributed by atoms with Crippen LogP contribution in [-0.2, 0) is 4.74 Å².